The molecule has 1 N–H and O–H groups in total. The predicted octanol–water partition coefficient (Wildman–Crippen LogP) is 1.67. The maximum absolute atomic E-state index is 5.80. The number of nitrogens with one attached hydrogen (secondary N) is 1. The van der Waals surface area contributed by atoms with Crippen molar-refractivity contribution in [1.82, 2.24) is 5.32 Å². The van der Waals surface area contributed by atoms with Crippen LogP contribution in [0.3, 0.4) is 0 Å². The predicted molar refractivity (Wildman–Crippen MR) is 61.8 cm³/mol. The minimum Gasteiger partial charge on any atom is -0.497 e. The molecule has 2 atom stereocenters. The van der Waals surface area contributed by atoms with Gasteiger partial charge in [-0.3, -0.25) is 0 Å². The fourth-order valence-corrected chi connectivity index (χ4v) is 2.74. The Kier molecular flexibility index (Phi) is 2.58. The van der Waals surface area contributed by atoms with Gasteiger partial charge in [0.1, 0.15) is 5.75 Å². The number of hydrogen-bond donors (Lipinski definition) is 1. The molecule has 0 amide bonds. The Balaban J connectivity index is 1.96. The first-order valence-electron chi connectivity index (χ1n) is 5.90. The van der Waals surface area contributed by atoms with Crippen molar-refractivity contribution in [1.29, 1.82) is 0 Å². The van der Waals surface area contributed by atoms with Crippen LogP contribution in [0, 0.1) is 0 Å². The lowest BCUT2D eigenvalue weighted by molar-refractivity contribution is -0.0138. The van der Waals surface area contributed by atoms with Crippen molar-refractivity contribution in [2.24, 2.45) is 0 Å². The number of ether oxygens (including phenoxy) is 2. The summed E-state index contributed by atoms with van der Waals surface area (Å²) < 4.78 is 11.1. The van der Waals surface area contributed by atoms with Crippen molar-refractivity contribution in [2.45, 2.75) is 25.0 Å². The molecule has 1 saturated heterocycles. The molecule has 0 bridgehead atoms. The van der Waals surface area contributed by atoms with Crippen LogP contribution < -0.4 is 10.1 Å². The van der Waals surface area contributed by atoms with Crippen LogP contribution in [0.15, 0.2) is 18.2 Å². The van der Waals surface area contributed by atoms with E-state index in [9.17, 15) is 0 Å². The highest BCUT2D eigenvalue weighted by Crippen LogP contribution is 2.35. The third-order valence-electron chi connectivity index (χ3n) is 3.55. The zero-order valence-electron chi connectivity index (χ0n) is 9.53. The average molecular weight is 219 g/mol. The number of hydrogen-bond acceptors (Lipinski definition) is 3. The highest BCUT2D eigenvalue weighted by atomic mass is 16.5. The van der Waals surface area contributed by atoms with Gasteiger partial charge in [0.2, 0.25) is 0 Å². The minimum absolute atomic E-state index is 0.356. The largest absolute Gasteiger partial charge is 0.497 e. The van der Waals surface area contributed by atoms with Crippen LogP contribution in [0.4, 0.5) is 0 Å². The molecule has 3 rings (SSSR count). The lowest BCUT2D eigenvalue weighted by Gasteiger charge is -2.37. The fraction of sp³-hybridized carbons (Fsp3) is 0.538. The Morgan fingerprint density at radius 3 is 3.25 bits per heavy atom. The number of aryl methyl sites for hydroxylation is 1. The standard InChI is InChI=1S/C13H17NO2/c1-15-10-3-4-11-9(8-10)2-5-12-13(11)14-6-7-16-12/h3-4,8,12-14H,2,5-7H2,1H3. The zero-order chi connectivity index (χ0) is 11.0. The molecule has 2 unspecified atom stereocenters. The smallest absolute Gasteiger partial charge is 0.119 e. The van der Waals surface area contributed by atoms with E-state index in [-0.39, 0.29) is 0 Å². The molecule has 1 aromatic carbocycles. The summed E-state index contributed by atoms with van der Waals surface area (Å²) >= 11 is 0. The molecule has 16 heavy (non-hydrogen) atoms. The Bertz CT molecular complexity index is 392. The minimum atomic E-state index is 0.356. The molecular formula is C13H17NO2. The Labute approximate surface area is 95.8 Å². The van der Waals surface area contributed by atoms with E-state index in [4.69, 9.17) is 9.47 Å². The molecule has 3 nitrogen and oxygen atoms in total. The highest BCUT2D eigenvalue weighted by Gasteiger charge is 2.32. The second kappa shape index (κ2) is 4.07. The van der Waals surface area contributed by atoms with Gasteiger partial charge in [0, 0.05) is 6.54 Å². The maximum atomic E-state index is 5.80. The van der Waals surface area contributed by atoms with Crippen LogP contribution in [0.2, 0.25) is 0 Å². The number of rotatable bonds is 1. The van der Waals surface area contributed by atoms with Crippen molar-refractivity contribution < 1.29 is 9.47 Å². The Morgan fingerprint density at radius 2 is 2.38 bits per heavy atom. The molecule has 1 aliphatic heterocycles. The van der Waals surface area contributed by atoms with E-state index in [1.54, 1.807) is 7.11 Å². The fourth-order valence-electron chi connectivity index (χ4n) is 2.74. The first kappa shape index (κ1) is 10.1. The first-order valence-corrected chi connectivity index (χ1v) is 5.90. The molecule has 0 radical (unpaired) electrons. The monoisotopic (exact) mass is 219 g/mol. The van der Waals surface area contributed by atoms with Gasteiger partial charge >= 0.3 is 0 Å². The summed E-state index contributed by atoms with van der Waals surface area (Å²) in [5, 5.41) is 3.55. The lowest BCUT2D eigenvalue weighted by Crippen LogP contribution is -2.44. The van der Waals surface area contributed by atoms with Crippen molar-refractivity contribution >= 4 is 0 Å². The first-order chi connectivity index (χ1) is 7.88. The van der Waals surface area contributed by atoms with E-state index in [1.807, 2.05) is 6.07 Å². The molecule has 0 aromatic heterocycles. The molecule has 0 spiro atoms. The molecule has 0 saturated carbocycles. The highest BCUT2D eigenvalue weighted by molar-refractivity contribution is 5.40. The average Bonchev–Trinajstić information content (AvgIpc) is 2.38. The van der Waals surface area contributed by atoms with Crippen LogP contribution in [0.5, 0.6) is 5.75 Å². The van der Waals surface area contributed by atoms with E-state index < -0.39 is 0 Å². The van der Waals surface area contributed by atoms with Crippen LogP contribution in [-0.4, -0.2) is 26.4 Å². The maximum Gasteiger partial charge on any atom is 0.119 e. The van der Waals surface area contributed by atoms with Crippen molar-refractivity contribution in [3.8, 4) is 5.75 Å². The summed E-state index contributed by atoms with van der Waals surface area (Å²) in [4.78, 5) is 0. The summed E-state index contributed by atoms with van der Waals surface area (Å²) in [5.41, 5.74) is 2.79. The van der Waals surface area contributed by atoms with Gasteiger partial charge in [-0.05, 0) is 36.1 Å². The van der Waals surface area contributed by atoms with Crippen LogP contribution >= 0.6 is 0 Å². The van der Waals surface area contributed by atoms with Gasteiger partial charge in [-0.2, -0.15) is 0 Å². The van der Waals surface area contributed by atoms with Gasteiger partial charge in [0.05, 0.1) is 25.9 Å². The normalized spacial score (nSPS) is 28.1. The molecule has 3 heteroatoms. The summed E-state index contributed by atoms with van der Waals surface area (Å²) in [6.07, 6.45) is 2.56. The molecular weight excluding hydrogens is 202 g/mol. The molecule has 1 aromatic rings. The van der Waals surface area contributed by atoms with Gasteiger partial charge in [-0.1, -0.05) is 6.07 Å². The van der Waals surface area contributed by atoms with Crippen LogP contribution in [-0.2, 0) is 11.2 Å². The SMILES string of the molecule is COc1ccc2c(c1)CCC1OCCNC21. The Morgan fingerprint density at radius 1 is 1.44 bits per heavy atom. The summed E-state index contributed by atoms with van der Waals surface area (Å²) in [5.74, 6) is 0.953. The van der Waals surface area contributed by atoms with Crippen molar-refractivity contribution in [3.63, 3.8) is 0 Å². The summed E-state index contributed by atoms with van der Waals surface area (Å²) in [6.45, 7) is 1.79. The molecule has 2 aliphatic rings. The van der Waals surface area contributed by atoms with Crippen molar-refractivity contribution in [2.75, 3.05) is 20.3 Å². The van der Waals surface area contributed by atoms with Crippen LogP contribution in [0.1, 0.15) is 23.6 Å². The van der Waals surface area contributed by atoms with Gasteiger partial charge in [0.15, 0.2) is 0 Å². The van der Waals surface area contributed by atoms with Gasteiger partial charge in [-0.15, -0.1) is 0 Å². The quantitative estimate of drug-likeness (QED) is 0.779. The Hall–Kier alpha value is -1.06. The van der Waals surface area contributed by atoms with Crippen molar-refractivity contribution in [3.05, 3.63) is 29.3 Å². The molecule has 1 fully saturated rings. The van der Waals surface area contributed by atoms with Gasteiger partial charge < -0.3 is 14.8 Å². The van der Waals surface area contributed by atoms with Gasteiger partial charge in [0.25, 0.3) is 0 Å². The number of morpholine rings is 1. The van der Waals surface area contributed by atoms with E-state index in [0.29, 0.717) is 12.1 Å². The number of methoxy groups -OCH3 is 1. The molecule has 1 aliphatic carbocycles. The zero-order valence-corrected chi connectivity index (χ0v) is 9.53. The number of benzene rings is 1. The van der Waals surface area contributed by atoms with E-state index in [0.717, 1.165) is 31.7 Å². The lowest BCUT2D eigenvalue weighted by atomic mass is 9.85. The molecule has 1 heterocycles. The third kappa shape index (κ3) is 1.60. The van der Waals surface area contributed by atoms with E-state index in [1.165, 1.54) is 11.1 Å². The molecule has 86 valence electrons. The van der Waals surface area contributed by atoms with Crippen LogP contribution in [0.25, 0.3) is 0 Å². The van der Waals surface area contributed by atoms with E-state index >= 15 is 0 Å². The summed E-state index contributed by atoms with van der Waals surface area (Å²) in [7, 11) is 1.72. The third-order valence-corrected chi connectivity index (χ3v) is 3.55. The second-order valence-corrected chi connectivity index (χ2v) is 4.44. The van der Waals surface area contributed by atoms with Gasteiger partial charge in [-0.25, -0.2) is 0 Å². The summed E-state index contributed by atoms with van der Waals surface area (Å²) in [6, 6.07) is 6.75. The second-order valence-electron chi connectivity index (χ2n) is 4.44. The van der Waals surface area contributed by atoms with E-state index in [2.05, 4.69) is 17.4 Å². The topological polar surface area (TPSA) is 30.5 Å². The number of fused-ring (bicyclic) bond motifs is 3.